The third kappa shape index (κ3) is 4.15. The Hall–Kier alpha value is -2.69. The molecule has 2 aromatic rings. The summed E-state index contributed by atoms with van der Waals surface area (Å²) in [6.07, 6.45) is 0. The van der Waals surface area contributed by atoms with Gasteiger partial charge in [0.1, 0.15) is 11.4 Å². The Kier molecular flexibility index (Phi) is 5.25. The van der Waals surface area contributed by atoms with Crippen LogP contribution in [0.1, 0.15) is 0 Å². The lowest BCUT2D eigenvalue weighted by Crippen LogP contribution is -1.92. The van der Waals surface area contributed by atoms with Crippen molar-refractivity contribution in [1.29, 1.82) is 0 Å². The molecule has 9 nitrogen and oxygen atoms in total. The van der Waals surface area contributed by atoms with Crippen LogP contribution in [-0.4, -0.2) is 10.0 Å². The molecule has 0 saturated carbocycles. The Morgan fingerprint density at radius 1 is 1.14 bits per heavy atom. The van der Waals surface area contributed by atoms with Crippen molar-refractivity contribution >= 4 is 30.0 Å². The van der Waals surface area contributed by atoms with Crippen LogP contribution in [0.25, 0.3) is 0 Å². The monoisotopic (exact) mass is 323 g/mol. The first kappa shape index (κ1) is 15.7. The Bertz CT molecular complexity index is 692. The number of nitro benzene ring substituents is 1. The summed E-state index contributed by atoms with van der Waals surface area (Å²) in [6, 6.07) is 9.53. The van der Waals surface area contributed by atoms with E-state index in [0.29, 0.717) is 5.69 Å². The number of non-ortho nitro benzene ring substituents is 1. The second-order valence-electron chi connectivity index (χ2n) is 3.85. The van der Waals surface area contributed by atoms with Crippen LogP contribution in [-0.2, 0) is 9.37 Å². The minimum atomic E-state index is -0.512. The number of hydrogen-bond acceptors (Lipinski definition) is 9. The van der Waals surface area contributed by atoms with Crippen LogP contribution in [0.4, 0.5) is 17.1 Å². The van der Waals surface area contributed by atoms with Gasteiger partial charge in [0.15, 0.2) is 5.75 Å². The molecule has 0 saturated heterocycles. The number of phenols is 1. The largest absolute Gasteiger partial charge is 0.508 e. The van der Waals surface area contributed by atoms with E-state index < -0.39 is 4.92 Å². The maximum atomic E-state index is 10.5. The number of rotatable bonds is 6. The molecule has 0 aromatic heterocycles. The van der Waals surface area contributed by atoms with Gasteiger partial charge in [-0.3, -0.25) is 10.1 Å². The van der Waals surface area contributed by atoms with E-state index in [1.807, 2.05) is 0 Å². The number of phenolic OH excluding ortho intramolecular Hbond substituents is 1. The second kappa shape index (κ2) is 7.36. The molecule has 0 aliphatic carbocycles. The zero-order valence-corrected chi connectivity index (χ0v) is 11.7. The van der Waals surface area contributed by atoms with Gasteiger partial charge in [-0.05, 0) is 29.3 Å². The number of nitro groups is 1. The van der Waals surface area contributed by atoms with Crippen LogP contribution in [0.2, 0.25) is 0 Å². The highest BCUT2D eigenvalue weighted by molar-refractivity contribution is 7.74. The molecule has 0 amide bonds. The maximum Gasteiger partial charge on any atom is 0.269 e. The lowest BCUT2D eigenvalue weighted by molar-refractivity contribution is -0.402. The van der Waals surface area contributed by atoms with Gasteiger partial charge in [-0.1, -0.05) is 0 Å². The Morgan fingerprint density at radius 3 is 2.50 bits per heavy atom. The molecule has 0 aliphatic rings. The van der Waals surface area contributed by atoms with E-state index >= 15 is 0 Å². The molecular weight excluding hydrogens is 314 g/mol. The average Bonchev–Trinajstić information content (AvgIpc) is 2.52. The van der Waals surface area contributed by atoms with Gasteiger partial charge in [0, 0.05) is 31.1 Å². The van der Waals surface area contributed by atoms with E-state index in [2.05, 4.69) is 32.5 Å². The molecule has 0 fully saturated rings. The Morgan fingerprint density at radius 2 is 1.86 bits per heavy atom. The van der Waals surface area contributed by atoms with Crippen molar-refractivity contribution in [3.8, 4) is 11.5 Å². The van der Waals surface area contributed by atoms with Crippen molar-refractivity contribution in [2.75, 3.05) is 0 Å². The topological polar surface area (TPSA) is 116 Å². The lowest BCUT2D eigenvalue weighted by atomic mass is 10.3. The van der Waals surface area contributed by atoms with Crippen molar-refractivity contribution in [3.63, 3.8) is 0 Å². The zero-order chi connectivity index (χ0) is 15.9. The van der Waals surface area contributed by atoms with E-state index in [-0.39, 0.29) is 22.9 Å². The number of azo groups is 1. The van der Waals surface area contributed by atoms with Crippen LogP contribution >= 0.6 is 12.9 Å². The summed E-state index contributed by atoms with van der Waals surface area (Å²) in [5.41, 5.74) is 0.587. The summed E-state index contributed by atoms with van der Waals surface area (Å²) < 4.78 is 3.99. The van der Waals surface area contributed by atoms with E-state index in [9.17, 15) is 15.2 Å². The predicted molar refractivity (Wildman–Crippen MR) is 77.2 cm³/mol. The summed E-state index contributed by atoms with van der Waals surface area (Å²) in [5, 5.41) is 31.9. The molecule has 114 valence electrons. The number of hydrogen-bond donors (Lipinski definition) is 2. The van der Waals surface area contributed by atoms with Gasteiger partial charge < -0.3 is 9.99 Å². The molecule has 0 radical (unpaired) electrons. The molecule has 0 unspecified atom stereocenters. The SMILES string of the molecule is O=[N+]([O-])c1ccc(N=Nc2ccc(O)cc2OOOS)cc1. The molecular formula is C12H9N3O6S. The Labute approximate surface area is 129 Å². The highest BCUT2D eigenvalue weighted by Gasteiger charge is 2.07. The smallest absolute Gasteiger partial charge is 0.269 e. The number of benzene rings is 2. The van der Waals surface area contributed by atoms with E-state index in [0.717, 1.165) is 0 Å². The van der Waals surface area contributed by atoms with Crippen LogP contribution in [0.5, 0.6) is 11.5 Å². The highest BCUT2D eigenvalue weighted by atomic mass is 32.1. The number of thiol groups is 1. The van der Waals surface area contributed by atoms with Gasteiger partial charge >= 0.3 is 0 Å². The summed E-state index contributed by atoms with van der Waals surface area (Å²) in [7, 11) is 0. The first-order chi connectivity index (χ1) is 10.6. The van der Waals surface area contributed by atoms with Crippen molar-refractivity contribution in [1.82, 2.24) is 0 Å². The molecule has 22 heavy (non-hydrogen) atoms. The molecule has 0 aliphatic heterocycles. The summed E-state index contributed by atoms with van der Waals surface area (Å²) in [5.74, 6) is -0.0354. The van der Waals surface area contributed by atoms with E-state index in [1.54, 1.807) is 0 Å². The first-order valence-electron chi connectivity index (χ1n) is 5.74. The Balaban J connectivity index is 2.20. The van der Waals surface area contributed by atoms with Gasteiger partial charge in [-0.2, -0.15) is 5.11 Å². The molecule has 10 heteroatoms. The maximum absolute atomic E-state index is 10.5. The minimum absolute atomic E-state index is 0.0414. The third-order valence-corrected chi connectivity index (χ3v) is 2.49. The molecule has 0 bridgehead atoms. The minimum Gasteiger partial charge on any atom is -0.508 e. The second-order valence-corrected chi connectivity index (χ2v) is 4.00. The fraction of sp³-hybridized carbons (Fsp3) is 0. The number of aromatic hydroxyl groups is 1. The molecule has 2 rings (SSSR count). The lowest BCUT2D eigenvalue weighted by Gasteiger charge is -2.03. The summed E-state index contributed by atoms with van der Waals surface area (Å²) in [4.78, 5) is 14.7. The van der Waals surface area contributed by atoms with Gasteiger partial charge in [0.2, 0.25) is 0 Å². The van der Waals surface area contributed by atoms with Crippen LogP contribution in [0, 0.1) is 10.1 Å². The van der Waals surface area contributed by atoms with Gasteiger partial charge in [0.05, 0.1) is 10.6 Å². The van der Waals surface area contributed by atoms with Crippen molar-refractivity contribution in [2.24, 2.45) is 10.2 Å². The van der Waals surface area contributed by atoms with Crippen LogP contribution in [0.15, 0.2) is 52.7 Å². The van der Waals surface area contributed by atoms with E-state index in [4.69, 9.17) is 4.89 Å². The van der Waals surface area contributed by atoms with Crippen molar-refractivity contribution in [2.45, 2.75) is 0 Å². The molecule has 0 spiro atoms. The molecule has 2 aromatic carbocycles. The zero-order valence-electron chi connectivity index (χ0n) is 10.8. The van der Waals surface area contributed by atoms with Crippen molar-refractivity contribution < 1.29 is 24.3 Å². The summed E-state index contributed by atoms with van der Waals surface area (Å²) >= 11 is 3.33. The normalized spacial score (nSPS) is 10.8. The molecule has 0 atom stereocenters. The average molecular weight is 323 g/mol. The number of nitrogens with zero attached hydrogens (tertiary/aromatic N) is 3. The summed E-state index contributed by atoms with van der Waals surface area (Å²) in [6.45, 7) is 0. The van der Waals surface area contributed by atoms with Crippen LogP contribution < -0.4 is 4.89 Å². The third-order valence-electron chi connectivity index (χ3n) is 2.43. The van der Waals surface area contributed by atoms with Crippen LogP contribution in [0.3, 0.4) is 0 Å². The molecule has 0 heterocycles. The first-order valence-corrected chi connectivity index (χ1v) is 6.10. The van der Waals surface area contributed by atoms with Gasteiger partial charge in [-0.15, -0.1) is 9.45 Å². The standard InChI is InChI=1S/C12H9N3O6S/c16-10-5-6-11(12(7-10)19-20-21-22)14-13-8-1-3-9(4-2-8)15(17)18/h1-7,16,22H. The van der Waals surface area contributed by atoms with Gasteiger partial charge in [-0.25, -0.2) is 0 Å². The highest BCUT2D eigenvalue weighted by Crippen LogP contribution is 2.33. The quantitative estimate of drug-likeness (QED) is 0.208. The fourth-order valence-electron chi connectivity index (χ4n) is 1.46. The van der Waals surface area contributed by atoms with Gasteiger partial charge in [0.25, 0.3) is 5.69 Å². The fourth-order valence-corrected chi connectivity index (χ4v) is 1.49. The molecule has 1 N–H and O–H groups in total. The van der Waals surface area contributed by atoms with Crippen molar-refractivity contribution in [3.05, 3.63) is 52.6 Å². The predicted octanol–water partition coefficient (Wildman–Crippen LogP) is 3.80. The van der Waals surface area contributed by atoms with E-state index in [1.165, 1.54) is 42.5 Å².